The maximum Gasteiger partial charge on any atom is 0.326 e. The maximum atomic E-state index is 13.4. The summed E-state index contributed by atoms with van der Waals surface area (Å²) in [7, 11) is 0. The maximum absolute atomic E-state index is 13.4. The van der Waals surface area contributed by atoms with Gasteiger partial charge in [-0.3, -0.25) is 9.59 Å². The van der Waals surface area contributed by atoms with Gasteiger partial charge in [0.25, 0.3) is 11.8 Å². The Bertz CT molecular complexity index is 1590. The fraction of sp³-hybridized carbons (Fsp3) is 0.115. The van der Waals surface area contributed by atoms with E-state index in [1.165, 1.54) is 23.0 Å². The van der Waals surface area contributed by atoms with E-state index in [-0.39, 0.29) is 39.2 Å². The molecule has 4 rings (SSSR count). The topological polar surface area (TPSA) is 126 Å². The van der Waals surface area contributed by atoms with E-state index in [4.69, 9.17) is 34.8 Å². The fourth-order valence-electron chi connectivity index (χ4n) is 3.79. The number of nitrogens with zero attached hydrogens (tertiary/aromatic N) is 3. The van der Waals surface area contributed by atoms with Crippen molar-refractivity contribution in [3.63, 3.8) is 0 Å². The zero-order valence-electron chi connectivity index (χ0n) is 20.1. The van der Waals surface area contributed by atoms with E-state index >= 15 is 0 Å². The molecule has 200 valence electrons. The quantitative estimate of drug-likeness (QED) is 0.215. The summed E-state index contributed by atoms with van der Waals surface area (Å²) in [6, 6.07) is 13.1. The van der Waals surface area contributed by atoms with Crippen LogP contribution >= 0.6 is 50.7 Å². The third-order valence-electron chi connectivity index (χ3n) is 5.62. The van der Waals surface area contributed by atoms with Crippen molar-refractivity contribution >= 4 is 74.2 Å². The molecule has 0 spiro atoms. The predicted molar refractivity (Wildman–Crippen MR) is 152 cm³/mol. The summed E-state index contributed by atoms with van der Waals surface area (Å²) >= 11 is 21.9. The lowest BCUT2D eigenvalue weighted by molar-refractivity contribution is -0.139. The number of aromatic nitrogens is 3. The number of carboxylic acid groups (broad SMARTS) is 1. The highest BCUT2D eigenvalue weighted by atomic mass is 79.9. The monoisotopic (exact) mass is 649 g/mol. The molecule has 0 aliphatic heterocycles. The Kier molecular flexibility index (Phi) is 8.91. The lowest BCUT2D eigenvalue weighted by Gasteiger charge is -2.19. The first-order chi connectivity index (χ1) is 18.5. The van der Waals surface area contributed by atoms with Crippen LogP contribution in [0.15, 0.2) is 65.4 Å². The zero-order valence-corrected chi connectivity index (χ0v) is 23.9. The number of carbonyl (C=O) groups is 3. The Morgan fingerprint density at radius 1 is 1.03 bits per heavy atom. The molecule has 0 fully saturated rings. The molecule has 2 aromatic carbocycles. The molecule has 0 unspecified atom stereocenters. The van der Waals surface area contributed by atoms with E-state index in [1.807, 2.05) is 0 Å². The van der Waals surface area contributed by atoms with Crippen LogP contribution in [0.5, 0.6) is 0 Å². The largest absolute Gasteiger partial charge is 0.480 e. The first-order valence-corrected chi connectivity index (χ1v) is 13.2. The molecule has 2 heterocycles. The van der Waals surface area contributed by atoms with Crippen LogP contribution in [-0.2, 0) is 11.2 Å². The lowest BCUT2D eigenvalue weighted by atomic mass is 10.0. The Morgan fingerprint density at radius 3 is 2.44 bits per heavy atom. The second-order valence-electron chi connectivity index (χ2n) is 8.33. The molecule has 0 aliphatic rings. The molecule has 2 aromatic heterocycles. The molecule has 9 nitrogen and oxygen atoms in total. The van der Waals surface area contributed by atoms with Gasteiger partial charge in [-0.25, -0.2) is 14.5 Å². The van der Waals surface area contributed by atoms with E-state index in [0.717, 1.165) is 0 Å². The number of aryl methyl sites for hydroxylation is 1. The van der Waals surface area contributed by atoms with Gasteiger partial charge in [0.1, 0.15) is 16.3 Å². The molecule has 2 amide bonds. The summed E-state index contributed by atoms with van der Waals surface area (Å²) in [6.45, 7) is 1.65. The highest BCUT2D eigenvalue weighted by Crippen LogP contribution is 2.28. The minimum Gasteiger partial charge on any atom is -0.480 e. The first-order valence-electron chi connectivity index (χ1n) is 11.3. The van der Waals surface area contributed by atoms with Crippen LogP contribution in [0.2, 0.25) is 15.1 Å². The van der Waals surface area contributed by atoms with E-state index in [9.17, 15) is 19.5 Å². The van der Waals surface area contributed by atoms with Crippen LogP contribution in [0.4, 0.5) is 5.69 Å². The molecule has 39 heavy (non-hydrogen) atoms. The SMILES string of the molecule is Cc1cc(Cl)cc(C(=O)N[C@@H](Cc2ccccc2Cl)C(=O)O)c1NC(=O)c1cc(Br)nn1-c1ncccc1Cl. The molecular formula is C26H19BrCl3N5O4. The Balaban J connectivity index is 1.65. The summed E-state index contributed by atoms with van der Waals surface area (Å²) in [4.78, 5) is 42.9. The number of nitrogens with one attached hydrogen (secondary N) is 2. The predicted octanol–water partition coefficient (Wildman–Crippen LogP) is 5.98. The first kappa shape index (κ1) is 28.6. The number of carbonyl (C=O) groups excluding carboxylic acids is 2. The molecule has 1 atom stereocenters. The number of hydrogen-bond donors (Lipinski definition) is 3. The van der Waals surface area contributed by atoms with Crippen molar-refractivity contribution in [2.24, 2.45) is 0 Å². The van der Waals surface area contributed by atoms with Crippen molar-refractivity contribution in [1.82, 2.24) is 20.1 Å². The van der Waals surface area contributed by atoms with Crippen LogP contribution in [0, 0.1) is 6.92 Å². The summed E-state index contributed by atoms with van der Waals surface area (Å²) in [6.07, 6.45) is 1.45. The standard InChI is InChI=1S/C26H19BrCl3N5O4/c1-13-9-15(28)11-16(24(36)32-19(26(38)39)10-14-5-2-3-6-17(14)29)22(13)33-25(37)20-12-21(27)34-35(20)23-18(30)7-4-8-31-23/h2-9,11-12,19H,10H2,1H3,(H,32,36)(H,33,37)(H,38,39)/t19-/m0/s1. The third-order valence-corrected chi connectivity index (χ3v) is 6.89. The van der Waals surface area contributed by atoms with Crippen molar-refractivity contribution in [3.8, 4) is 5.82 Å². The van der Waals surface area contributed by atoms with Crippen LogP contribution < -0.4 is 10.6 Å². The van der Waals surface area contributed by atoms with Gasteiger partial charge in [-0.15, -0.1) is 0 Å². The number of amides is 2. The normalized spacial score (nSPS) is 11.6. The third kappa shape index (κ3) is 6.59. The van der Waals surface area contributed by atoms with Gasteiger partial charge < -0.3 is 15.7 Å². The van der Waals surface area contributed by atoms with Gasteiger partial charge in [-0.1, -0.05) is 53.0 Å². The summed E-state index contributed by atoms with van der Waals surface area (Å²) < 4.78 is 1.61. The van der Waals surface area contributed by atoms with Crippen molar-refractivity contribution in [2.45, 2.75) is 19.4 Å². The highest BCUT2D eigenvalue weighted by molar-refractivity contribution is 9.10. The minimum absolute atomic E-state index is 0.0280. The molecule has 0 radical (unpaired) electrons. The van der Waals surface area contributed by atoms with Crippen molar-refractivity contribution < 1.29 is 19.5 Å². The number of aliphatic carboxylic acids is 1. The van der Waals surface area contributed by atoms with Gasteiger partial charge in [0, 0.05) is 28.7 Å². The molecule has 0 bridgehead atoms. The highest BCUT2D eigenvalue weighted by Gasteiger charge is 2.26. The van der Waals surface area contributed by atoms with E-state index in [1.54, 1.807) is 49.4 Å². The molecule has 0 saturated heterocycles. The van der Waals surface area contributed by atoms with Gasteiger partial charge in [0.2, 0.25) is 0 Å². The van der Waals surface area contributed by atoms with Crippen LogP contribution in [0.1, 0.15) is 32.0 Å². The fourth-order valence-corrected chi connectivity index (χ4v) is 4.86. The number of carboxylic acids is 1. The Hall–Kier alpha value is -3.44. The van der Waals surface area contributed by atoms with Crippen LogP contribution in [0.3, 0.4) is 0 Å². The second kappa shape index (κ2) is 12.2. The molecule has 13 heteroatoms. The van der Waals surface area contributed by atoms with E-state index in [2.05, 4.69) is 36.6 Å². The number of halogens is 4. The van der Waals surface area contributed by atoms with Crippen LogP contribution in [0.25, 0.3) is 5.82 Å². The summed E-state index contributed by atoms with van der Waals surface area (Å²) in [5.74, 6) is -2.41. The summed E-state index contributed by atoms with van der Waals surface area (Å²) in [5, 5.41) is 20.1. The van der Waals surface area contributed by atoms with E-state index < -0.39 is 23.8 Å². The second-order valence-corrected chi connectivity index (χ2v) is 10.4. The smallest absolute Gasteiger partial charge is 0.326 e. The van der Waals surface area contributed by atoms with E-state index in [0.29, 0.717) is 20.8 Å². The number of rotatable bonds is 8. The Morgan fingerprint density at radius 2 is 1.74 bits per heavy atom. The van der Waals surface area contributed by atoms with Gasteiger partial charge in [-0.2, -0.15) is 5.10 Å². The molecule has 0 saturated carbocycles. The number of benzene rings is 2. The van der Waals surface area contributed by atoms with Gasteiger partial charge in [-0.05, 0) is 64.3 Å². The number of anilines is 1. The van der Waals surface area contributed by atoms with Crippen molar-refractivity contribution in [2.75, 3.05) is 5.32 Å². The van der Waals surface area contributed by atoms with Gasteiger partial charge in [0.05, 0.1) is 16.3 Å². The lowest BCUT2D eigenvalue weighted by Crippen LogP contribution is -2.42. The molecular weight excluding hydrogens is 633 g/mol. The molecule has 4 aromatic rings. The average molecular weight is 652 g/mol. The van der Waals surface area contributed by atoms with Crippen molar-refractivity contribution in [3.05, 3.63) is 103 Å². The summed E-state index contributed by atoms with van der Waals surface area (Å²) in [5.41, 5.74) is 1.21. The molecule has 0 aliphatic carbocycles. The average Bonchev–Trinajstić information content (AvgIpc) is 3.27. The Labute approximate surface area is 246 Å². The minimum atomic E-state index is -1.30. The number of hydrogen-bond acceptors (Lipinski definition) is 5. The van der Waals surface area contributed by atoms with Crippen molar-refractivity contribution in [1.29, 1.82) is 0 Å². The zero-order chi connectivity index (χ0) is 28.3. The van der Waals surface area contributed by atoms with Crippen LogP contribution in [-0.4, -0.2) is 43.7 Å². The van der Waals surface area contributed by atoms with Gasteiger partial charge in [0.15, 0.2) is 5.82 Å². The van der Waals surface area contributed by atoms with Gasteiger partial charge >= 0.3 is 5.97 Å². The number of pyridine rings is 1. The molecule has 3 N–H and O–H groups in total.